The molecule has 0 aliphatic heterocycles. The van der Waals surface area contributed by atoms with Gasteiger partial charge in [0.2, 0.25) is 0 Å². The van der Waals surface area contributed by atoms with Crippen molar-refractivity contribution >= 4 is 11.9 Å². The first-order valence-electron chi connectivity index (χ1n) is 5.06. The fraction of sp³-hybridized carbons (Fsp3) is 0.333. The molecule has 2 N–H and O–H groups in total. The van der Waals surface area contributed by atoms with Crippen molar-refractivity contribution in [1.29, 1.82) is 0 Å². The minimum Gasteiger partial charge on any atom is -0.445 e. The first-order chi connectivity index (χ1) is 7.52. The number of rotatable bonds is 4. The Morgan fingerprint density at radius 2 is 1.94 bits per heavy atom. The van der Waals surface area contributed by atoms with E-state index in [-0.39, 0.29) is 18.3 Å². The highest BCUT2D eigenvalue weighted by Crippen LogP contribution is 2.14. The fourth-order valence-corrected chi connectivity index (χ4v) is 1.35. The highest BCUT2D eigenvalue weighted by Gasteiger charge is 2.14. The molecule has 4 heteroatoms. The quantitative estimate of drug-likeness (QED) is 0.792. The van der Waals surface area contributed by atoms with E-state index in [9.17, 15) is 9.59 Å². The van der Waals surface area contributed by atoms with E-state index in [2.05, 4.69) is 4.74 Å². The number of hydrogen-bond acceptors (Lipinski definition) is 3. The zero-order chi connectivity index (χ0) is 12.1. The molecule has 1 rings (SSSR count). The summed E-state index contributed by atoms with van der Waals surface area (Å²) in [5.41, 5.74) is 6.14. The Morgan fingerprint density at radius 1 is 1.31 bits per heavy atom. The number of benzene rings is 1. The SMILES string of the molecule is CC(C)C(=O)c1ccccc1COC(N)=O. The van der Waals surface area contributed by atoms with Gasteiger partial charge >= 0.3 is 6.09 Å². The van der Waals surface area contributed by atoms with E-state index in [0.29, 0.717) is 11.1 Å². The van der Waals surface area contributed by atoms with Crippen molar-refractivity contribution in [3.8, 4) is 0 Å². The van der Waals surface area contributed by atoms with E-state index in [1.54, 1.807) is 24.3 Å². The second kappa shape index (κ2) is 5.30. The summed E-state index contributed by atoms with van der Waals surface area (Å²) >= 11 is 0. The van der Waals surface area contributed by atoms with Crippen LogP contribution in [-0.4, -0.2) is 11.9 Å². The van der Waals surface area contributed by atoms with E-state index in [4.69, 9.17) is 5.73 Å². The Morgan fingerprint density at radius 3 is 2.50 bits per heavy atom. The van der Waals surface area contributed by atoms with Gasteiger partial charge in [-0.1, -0.05) is 38.1 Å². The Kier molecular flexibility index (Phi) is 4.05. The summed E-state index contributed by atoms with van der Waals surface area (Å²) in [4.78, 5) is 22.3. The number of ether oxygens (including phenoxy) is 1. The molecule has 1 amide bonds. The predicted molar refractivity (Wildman–Crippen MR) is 60.0 cm³/mol. The summed E-state index contributed by atoms with van der Waals surface area (Å²) in [6, 6.07) is 7.04. The van der Waals surface area contributed by atoms with Crippen LogP contribution in [0.3, 0.4) is 0 Å². The average Bonchev–Trinajstić information content (AvgIpc) is 2.25. The number of ketones is 1. The average molecular weight is 221 g/mol. The van der Waals surface area contributed by atoms with Crippen molar-refractivity contribution in [2.75, 3.05) is 0 Å². The number of primary amides is 1. The van der Waals surface area contributed by atoms with Gasteiger partial charge in [0.15, 0.2) is 5.78 Å². The van der Waals surface area contributed by atoms with Crippen LogP contribution < -0.4 is 5.73 Å². The van der Waals surface area contributed by atoms with Gasteiger partial charge in [-0.25, -0.2) is 4.79 Å². The van der Waals surface area contributed by atoms with Gasteiger partial charge in [-0.2, -0.15) is 0 Å². The van der Waals surface area contributed by atoms with Crippen molar-refractivity contribution in [3.05, 3.63) is 35.4 Å². The molecule has 0 unspecified atom stereocenters. The van der Waals surface area contributed by atoms with Crippen LogP contribution in [0, 0.1) is 5.92 Å². The molecule has 4 nitrogen and oxygen atoms in total. The Balaban J connectivity index is 2.91. The minimum atomic E-state index is -0.841. The number of Topliss-reactive ketones (excluding diaryl/α,β-unsaturated/α-hetero) is 1. The van der Waals surface area contributed by atoms with Gasteiger partial charge < -0.3 is 10.5 Å². The molecule has 0 aliphatic rings. The lowest BCUT2D eigenvalue weighted by Gasteiger charge is -2.10. The van der Waals surface area contributed by atoms with Gasteiger partial charge in [0.25, 0.3) is 0 Å². The molecule has 0 aliphatic carbocycles. The summed E-state index contributed by atoms with van der Waals surface area (Å²) in [6.45, 7) is 3.69. The van der Waals surface area contributed by atoms with Crippen molar-refractivity contribution in [3.63, 3.8) is 0 Å². The van der Waals surface area contributed by atoms with Crippen molar-refractivity contribution in [2.45, 2.75) is 20.5 Å². The van der Waals surface area contributed by atoms with Crippen LogP contribution >= 0.6 is 0 Å². The van der Waals surface area contributed by atoms with Gasteiger partial charge in [-0.15, -0.1) is 0 Å². The van der Waals surface area contributed by atoms with Gasteiger partial charge in [-0.05, 0) is 0 Å². The van der Waals surface area contributed by atoms with E-state index < -0.39 is 6.09 Å². The number of carbonyl (C=O) groups excluding carboxylic acids is 2. The number of nitrogens with two attached hydrogens (primary N) is 1. The van der Waals surface area contributed by atoms with Crippen LogP contribution in [0.4, 0.5) is 4.79 Å². The number of carbonyl (C=O) groups is 2. The standard InChI is InChI=1S/C12H15NO3/c1-8(2)11(14)10-6-4-3-5-9(10)7-16-12(13)15/h3-6,8H,7H2,1-2H3,(H2,13,15). The maximum Gasteiger partial charge on any atom is 0.404 e. The normalized spacial score (nSPS) is 10.2. The van der Waals surface area contributed by atoms with Crippen LogP contribution in [0.2, 0.25) is 0 Å². The smallest absolute Gasteiger partial charge is 0.404 e. The number of amides is 1. The van der Waals surface area contributed by atoms with E-state index in [0.717, 1.165) is 0 Å². The number of hydrogen-bond donors (Lipinski definition) is 1. The third-order valence-corrected chi connectivity index (χ3v) is 2.18. The molecular formula is C12H15NO3. The zero-order valence-electron chi connectivity index (χ0n) is 9.40. The lowest BCUT2D eigenvalue weighted by Crippen LogP contribution is -2.15. The molecule has 0 spiro atoms. The van der Waals surface area contributed by atoms with Crippen LogP contribution in [0.5, 0.6) is 0 Å². The maximum absolute atomic E-state index is 11.8. The van der Waals surface area contributed by atoms with E-state index in [1.807, 2.05) is 13.8 Å². The van der Waals surface area contributed by atoms with Crippen molar-refractivity contribution < 1.29 is 14.3 Å². The summed E-state index contributed by atoms with van der Waals surface area (Å²) in [5.74, 6) is -0.0570. The van der Waals surface area contributed by atoms with Crippen LogP contribution in [-0.2, 0) is 11.3 Å². The van der Waals surface area contributed by atoms with E-state index in [1.165, 1.54) is 0 Å². The van der Waals surface area contributed by atoms with E-state index >= 15 is 0 Å². The predicted octanol–water partition coefficient (Wildman–Crippen LogP) is 2.12. The molecule has 16 heavy (non-hydrogen) atoms. The Hall–Kier alpha value is -1.84. The summed E-state index contributed by atoms with van der Waals surface area (Å²) in [7, 11) is 0. The van der Waals surface area contributed by atoms with Gasteiger partial charge in [0.1, 0.15) is 6.61 Å². The molecule has 0 bridgehead atoms. The van der Waals surface area contributed by atoms with Crippen LogP contribution in [0.25, 0.3) is 0 Å². The summed E-state index contributed by atoms with van der Waals surface area (Å²) in [5, 5.41) is 0. The molecule has 1 aromatic rings. The second-order valence-electron chi connectivity index (χ2n) is 3.78. The molecule has 0 saturated carbocycles. The zero-order valence-corrected chi connectivity index (χ0v) is 9.40. The lowest BCUT2D eigenvalue weighted by molar-refractivity contribution is 0.0934. The molecule has 0 aromatic heterocycles. The highest BCUT2D eigenvalue weighted by atomic mass is 16.5. The molecule has 0 saturated heterocycles. The second-order valence-corrected chi connectivity index (χ2v) is 3.78. The van der Waals surface area contributed by atoms with Gasteiger partial charge in [0, 0.05) is 17.0 Å². The monoisotopic (exact) mass is 221 g/mol. The van der Waals surface area contributed by atoms with Gasteiger partial charge in [-0.3, -0.25) is 4.79 Å². The first kappa shape index (κ1) is 12.2. The van der Waals surface area contributed by atoms with Gasteiger partial charge in [0.05, 0.1) is 0 Å². The fourth-order valence-electron chi connectivity index (χ4n) is 1.35. The van der Waals surface area contributed by atoms with Crippen LogP contribution in [0.1, 0.15) is 29.8 Å². The molecule has 0 fully saturated rings. The molecule has 0 radical (unpaired) electrons. The topological polar surface area (TPSA) is 69.4 Å². The molecule has 0 atom stereocenters. The van der Waals surface area contributed by atoms with Crippen LogP contribution in [0.15, 0.2) is 24.3 Å². The minimum absolute atomic E-state index is 0.0312. The molecular weight excluding hydrogens is 206 g/mol. The molecule has 86 valence electrons. The largest absolute Gasteiger partial charge is 0.445 e. The highest BCUT2D eigenvalue weighted by molar-refractivity contribution is 5.98. The third kappa shape index (κ3) is 3.08. The Bertz CT molecular complexity index is 399. The third-order valence-electron chi connectivity index (χ3n) is 2.18. The Labute approximate surface area is 94.4 Å². The lowest BCUT2D eigenvalue weighted by atomic mass is 9.97. The summed E-state index contributed by atoms with van der Waals surface area (Å²) < 4.78 is 4.69. The van der Waals surface area contributed by atoms with Crippen molar-refractivity contribution in [2.24, 2.45) is 11.7 Å². The summed E-state index contributed by atoms with van der Waals surface area (Å²) in [6.07, 6.45) is -0.841. The van der Waals surface area contributed by atoms with Crippen molar-refractivity contribution in [1.82, 2.24) is 0 Å². The molecule has 0 heterocycles. The molecule has 1 aromatic carbocycles. The maximum atomic E-state index is 11.8. The first-order valence-corrected chi connectivity index (χ1v) is 5.06.